The van der Waals surface area contributed by atoms with Crippen molar-refractivity contribution in [3.05, 3.63) is 29.8 Å². The summed E-state index contributed by atoms with van der Waals surface area (Å²) in [5.41, 5.74) is 5.49. The summed E-state index contributed by atoms with van der Waals surface area (Å²) in [6.45, 7) is 1.12. The third-order valence-electron chi connectivity index (χ3n) is 3.11. The number of halogens is 2. The molecule has 7 heteroatoms. The average Bonchev–Trinajstić information content (AvgIpc) is 2.81. The van der Waals surface area contributed by atoms with E-state index in [4.69, 9.17) is 5.73 Å². The van der Waals surface area contributed by atoms with Gasteiger partial charge >= 0.3 is 0 Å². The smallest absolute Gasteiger partial charge is 0.243 e. The van der Waals surface area contributed by atoms with Crippen molar-refractivity contribution in [3.63, 3.8) is 0 Å². The van der Waals surface area contributed by atoms with E-state index in [1.165, 1.54) is 4.31 Å². The molecule has 0 aliphatic carbocycles. The van der Waals surface area contributed by atoms with Gasteiger partial charge < -0.3 is 5.73 Å². The minimum Gasteiger partial charge on any atom is -0.330 e. The summed E-state index contributed by atoms with van der Waals surface area (Å²) in [5.74, 6) is -2.09. The van der Waals surface area contributed by atoms with E-state index in [1.54, 1.807) is 0 Å². The van der Waals surface area contributed by atoms with Crippen LogP contribution in [0.15, 0.2) is 23.1 Å². The molecular weight excluding hydrogens is 262 g/mol. The molecule has 1 aromatic carbocycles. The molecular formula is C11H14F2N2O2S. The second-order valence-corrected chi connectivity index (χ2v) is 6.27. The van der Waals surface area contributed by atoms with Gasteiger partial charge in [0, 0.05) is 13.1 Å². The van der Waals surface area contributed by atoms with E-state index in [-0.39, 0.29) is 10.8 Å². The van der Waals surface area contributed by atoms with E-state index in [9.17, 15) is 17.2 Å². The molecule has 100 valence electrons. The Morgan fingerprint density at radius 1 is 1.33 bits per heavy atom. The molecule has 1 aliphatic heterocycles. The van der Waals surface area contributed by atoms with E-state index in [1.807, 2.05) is 0 Å². The van der Waals surface area contributed by atoms with Gasteiger partial charge in [-0.05, 0) is 37.1 Å². The van der Waals surface area contributed by atoms with Gasteiger partial charge in [-0.3, -0.25) is 0 Å². The molecule has 0 spiro atoms. The Morgan fingerprint density at radius 3 is 2.61 bits per heavy atom. The topological polar surface area (TPSA) is 63.4 Å². The van der Waals surface area contributed by atoms with E-state index < -0.39 is 21.7 Å². The summed E-state index contributed by atoms with van der Waals surface area (Å²) >= 11 is 0. The molecule has 1 heterocycles. The van der Waals surface area contributed by atoms with Crippen molar-refractivity contribution in [3.8, 4) is 0 Å². The SMILES string of the molecule is NC[C@H]1CCN(S(=O)(=O)c2ccc(F)c(F)c2)C1. The molecule has 0 bridgehead atoms. The molecule has 0 radical (unpaired) electrons. The van der Waals surface area contributed by atoms with Crippen LogP contribution in [-0.2, 0) is 10.0 Å². The summed E-state index contributed by atoms with van der Waals surface area (Å²) in [4.78, 5) is -0.223. The minimum absolute atomic E-state index is 0.130. The van der Waals surface area contributed by atoms with Gasteiger partial charge in [-0.15, -0.1) is 0 Å². The highest BCUT2D eigenvalue weighted by Gasteiger charge is 2.32. The molecule has 1 fully saturated rings. The fourth-order valence-corrected chi connectivity index (χ4v) is 3.54. The van der Waals surface area contributed by atoms with Gasteiger partial charge in [0.15, 0.2) is 11.6 Å². The lowest BCUT2D eigenvalue weighted by Crippen LogP contribution is -2.30. The number of benzene rings is 1. The lowest BCUT2D eigenvalue weighted by atomic mass is 10.1. The lowest BCUT2D eigenvalue weighted by Gasteiger charge is -2.16. The number of nitrogens with zero attached hydrogens (tertiary/aromatic N) is 1. The lowest BCUT2D eigenvalue weighted by molar-refractivity contribution is 0.456. The third-order valence-corrected chi connectivity index (χ3v) is 4.97. The van der Waals surface area contributed by atoms with Crippen molar-refractivity contribution >= 4 is 10.0 Å². The number of sulfonamides is 1. The molecule has 1 aliphatic rings. The van der Waals surface area contributed by atoms with Crippen molar-refractivity contribution in [1.29, 1.82) is 0 Å². The molecule has 2 rings (SSSR count). The zero-order valence-corrected chi connectivity index (χ0v) is 10.5. The molecule has 18 heavy (non-hydrogen) atoms. The van der Waals surface area contributed by atoms with Crippen LogP contribution in [0, 0.1) is 17.6 Å². The van der Waals surface area contributed by atoms with E-state index in [2.05, 4.69) is 0 Å². The van der Waals surface area contributed by atoms with Gasteiger partial charge in [0.1, 0.15) is 0 Å². The molecule has 2 N–H and O–H groups in total. The van der Waals surface area contributed by atoms with Crippen LogP contribution < -0.4 is 5.73 Å². The maximum absolute atomic E-state index is 13.1. The summed E-state index contributed by atoms with van der Waals surface area (Å²) in [5, 5.41) is 0. The quantitative estimate of drug-likeness (QED) is 0.893. The Hall–Kier alpha value is -1.05. The number of hydrogen-bond acceptors (Lipinski definition) is 3. The van der Waals surface area contributed by atoms with Crippen LogP contribution in [0.25, 0.3) is 0 Å². The van der Waals surface area contributed by atoms with Gasteiger partial charge in [0.05, 0.1) is 4.90 Å². The normalized spacial score (nSPS) is 21.4. The molecule has 0 saturated carbocycles. The first kappa shape index (κ1) is 13.4. The van der Waals surface area contributed by atoms with Gasteiger partial charge in [-0.1, -0.05) is 0 Å². The van der Waals surface area contributed by atoms with Gasteiger partial charge in [0.2, 0.25) is 10.0 Å². The van der Waals surface area contributed by atoms with E-state index in [0.717, 1.165) is 12.1 Å². The molecule has 1 saturated heterocycles. The standard InChI is InChI=1S/C11H14F2N2O2S/c12-10-2-1-9(5-11(10)13)18(16,17)15-4-3-8(6-14)7-15/h1-2,5,8H,3-4,6-7,14H2/t8-/m1/s1. The minimum atomic E-state index is -3.75. The molecule has 0 unspecified atom stereocenters. The first-order valence-electron chi connectivity index (χ1n) is 5.60. The molecule has 4 nitrogen and oxygen atoms in total. The summed E-state index contributed by atoms with van der Waals surface area (Å²) < 4.78 is 51.4. The highest BCUT2D eigenvalue weighted by Crippen LogP contribution is 2.24. The number of hydrogen-bond donors (Lipinski definition) is 1. The summed E-state index contributed by atoms with van der Waals surface area (Å²) in [7, 11) is -3.75. The van der Waals surface area contributed by atoms with Crippen LogP contribution in [-0.4, -0.2) is 32.4 Å². The monoisotopic (exact) mass is 276 g/mol. The van der Waals surface area contributed by atoms with E-state index >= 15 is 0 Å². The Balaban J connectivity index is 2.28. The molecule has 0 amide bonds. The van der Waals surface area contributed by atoms with Crippen LogP contribution >= 0.6 is 0 Å². The second kappa shape index (κ2) is 4.91. The van der Waals surface area contributed by atoms with E-state index in [0.29, 0.717) is 32.1 Å². The fraction of sp³-hybridized carbons (Fsp3) is 0.455. The Labute approximate surface area is 104 Å². The zero-order chi connectivity index (χ0) is 13.3. The first-order chi connectivity index (χ1) is 8.45. The van der Waals surface area contributed by atoms with Gasteiger partial charge in [-0.2, -0.15) is 4.31 Å². The molecule has 1 aromatic rings. The van der Waals surface area contributed by atoms with Crippen molar-refractivity contribution in [2.45, 2.75) is 11.3 Å². The number of nitrogens with two attached hydrogens (primary N) is 1. The van der Waals surface area contributed by atoms with Crippen molar-refractivity contribution in [2.75, 3.05) is 19.6 Å². The van der Waals surface area contributed by atoms with Gasteiger partial charge in [-0.25, -0.2) is 17.2 Å². The predicted molar refractivity (Wildman–Crippen MR) is 62.3 cm³/mol. The third kappa shape index (κ3) is 2.38. The predicted octanol–water partition coefficient (Wildman–Crippen LogP) is 0.934. The summed E-state index contributed by atoms with van der Waals surface area (Å²) in [6.07, 6.45) is 0.694. The maximum atomic E-state index is 13.1. The molecule has 0 aromatic heterocycles. The molecule has 1 atom stereocenters. The van der Waals surface area contributed by atoms with Crippen molar-refractivity contribution in [2.24, 2.45) is 11.7 Å². The van der Waals surface area contributed by atoms with Crippen molar-refractivity contribution in [1.82, 2.24) is 4.31 Å². The Kier molecular flexibility index (Phi) is 3.65. The highest BCUT2D eigenvalue weighted by molar-refractivity contribution is 7.89. The first-order valence-corrected chi connectivity index (χ1v) is 7.04. The van der Waals surface area contributed by atoms with Crippen LogP contribution in [0.4, 0.5) is 8.78 Å². The number of rotatable bonds is 3. The Bertz CT molecular complexity index is 548. The Morgan fingerprint density at radius 2 is 2.06 bits per heavy atom. The second-order valence-electron chi connectivity index (χ2n) is 4.33. The van der Waals surface area contributed by atoms with Crippen LogP contribution in [0.2, 0.25) is 0 Å². The van der Waals surface area contributed by atoms with Crippen LogP contribution in [0.3, 0.4) is 0 Å². The summed E-state index contributed by atoms with van der Waals surface area (Å²) in [6, 6.07) is 2.60. The van der Waals surface area contributed by atoms with Gasteiger partial charge in [0.25, 0.3) is 0 Å². The largest absolute Gasteiger partial charge is 0.330 e. The fourth-order valence-electron chi connectivity index (χ4n) is 1.99. The highest BCUT2D eigenvalue weighted by atomic mass is 32.2. The average molecular weight is 276 g/mol. The van der Waals surface area contributed by atoms with Crippen molar-refractivity contribution < 1.29 is 17.2 Å². The maximum Gasteiger partial charge on any atom is 0.243 e. The van der Waals surface area contributed by atoms with Crippen LogP contribution in [0.5, 0.6) is 0 Å². The van der Waals surface area contributed by atoms with Crippen LogP contribution in [0.1, 0.15) is 6.42 Å². The zero-order valence-electron chi connectivity index (χ0n) is 9.64.